The van der Waals surface area contributed by atoms with E-state index in [1.165, 1.54) is 6.33 Å². The number of anilines is 1. The van der Waals surface area contributed by atoms with E-state index < -0.39 is 0 Å². The number of pyridine rings is 1. The lowest BCUT2D eigenvalue weighted by atomic mass is 10.2. The Morgan fingerprint density at radius 3 is 2.96 bits per heavy atom. The van der Waals surface area contributed by atoms with Crippen LogP contribution in [0.15, 0.2) is 48.9 Å². The molecule has 0 aliphatic rings. The van der Waals surface area contributed by atoms with E-state index in [9.17, 15) is 0 Å². The van der Waals surface area contributed by atoms with Crippen LogP contribution in [-0.2, 0) is 6.61 Å². The second-order valence-electron chi connectivity index (χ2n) is 5.30. The fourth-order valence-electron chi connectivity index (χ4n) is 2.28. The molecule has 0 saturated heterocycles. The van der Waals surface area contributed by atoms with Gasteiger partial charge in [-0.2, -0.15) is 0 Å². The standard InChI is InChI=1S/C18H20N4O/c1-2-3-10-20-18-17(11-19-13-21-18)23-12-15-9-8-14-6-4-5-7-16(14)22-15/h4-9,11,13H,2-3,10,12H2,1H3,(H,19,20,21). The summed E-state index contributed by atoms with van der Waals surface area (Å²) in [5.41, 5.74) is 1.85. The molecule has 0 radical (unpaired) electrons. The number of ether oxygens (including phenoxy) is 1. The maximum atomic E-state index is 5.85. The minimum Gasteiger partial charge on any atom is -0.482 e. The average molecular weight is 308 g/mol. The molecule has 2 heterocycles. The summed E-state index contributed by atoms with van der Waals surface area (Å²) >= 11 is 0. The maximum Gasteiger partial charge on any atom is 0.180 e. The van der Waals surface area contributed by atoms with E-state index in [0.29, 0.717) is 12.4 Å². The van der Waals surface area contributed by atoms with Crippen molar-refractivity contribution in [1.82, 2.24) is 15.0 Å². The van der Waals surface area contributed by atoms with Gasteiger partial charge in [-0.25, -0.2) is 15.0 Å². The molecule has 0 aliphatic heterocycles. The van der Waals surface area contributed by atoms with Crippen molar-refractivity contribution in [2.45, 2.75) is 26.4 Å². The molecule has 2 aromatic heterocycles. The van der Waals surface area contributed by atoms with Gasteiger partial charge in [0.2, 0.25) is 0 Å². The molecule has 1 N–H and O–H groups in total. The Hall–Kier alpha value is -2.69. The topological polar surface area (TPSA) is 59.9 Å². The van der Waals surface area contributed by atoms with Crippen LogP contribution in [0, 0.1) is 0 Å². The van der Waals surface area contributed by atoms with E-state index in [4.69, 9.17) is 4.74 Å². The first kappa shape index (κ1) is 15.2. The summed E-state index contributed by atoms with van der Waals surface area (Å²) in [5, 5.41) is 4.41. The largest absolute Gasteiger partial charge is 0.482 e. The Kier molecular flexibility index (Phi) is 4.99. The molecule has 0 spiro atoms. The fraction of sp³-hybridized carbons (Fsp3) is 0.278. The van der Waals surface area contributed by atoms with Crippen molar-refractivity contribution < 1.29 is 4.74 Å². The van der Waals surface area contributed by atoms with E-state index in [-0.39, 0.29) is 0 Å². The zero-order valence-corrected chi connectivity index (χ0v) is 13.2. The van der Waals surface area contributed by atoms with Crippen molar-refractivity contribution in [3.8, 4) is 5.75 Å². The lowest BCUT2D eigenvalue weighted by molar-refractivity contribution is 0.301. The molecule has 5 nitrogen and oxygen atoms in total. The van der Waals surface area contributed by atoms with Crippen LogP contribution < -0.4 is 10.1 Å². The third-order valence-electron chi connectivity index (χ3n) is 3.53. The van der Waals surface area contributed by atoms with Crippen LogP contribution in [0.5, 0.6) is 5.75 Å². The third kappa shape index (κ3) is 3.94. The smallest absolute Gasteiger partial charge is 0.180 e. The lowest BCUT2D eigenvalue weighted by Gasteiger charge is -2.11. The molecule has 3 aromatic rings. The first-order chi connectivity index (χ1) is 11.4. The molecule has 0 unspecified atom stereocenters. The van der Waals surface area contributed by atoms with Crippen LogP contribution in [0.4, 0.5) is 5.82 Å². The van der Waals surface area contributed by atoms with Gasteiger partial charge in [0.15, 0.2) is 11.6 Å². The molecular formula is C18H20N4O. The van der Waals surface area contributed by atoms with Crippen molar-refractivity contribution in [2.75, 3.05) is 11.9 Å². The van der Waals surface area contributed by atoms with Crippen molar-refractivity contribution in [1.29, 1.82) is 0 Å². The zero-order chi connectivity index (χ0) is 15.9. The van der Waals surface area contributed by atoms with Gasteiger partial charge in [0.25, 0.3) is 0 Å². The molecule has 1 aromatic carbocycles. The van der Waals surface area contributed by atoms with Gasteiger partial charge < -0.3 is 10.1 Å². The number of fused-ring (bicyclic) bond motifs is 1. The van der Waals surface area contributed by atoms with Crippen molar-refractivity contribution in [3.63, 3.8) is 0 Å². The molecule has 0 saturated carbocycles. The Morgan fingerprint density at radius 2 is 2.04 bits per heavy atom. The highest BCUT2D eigenvalue weighted by molar-refractivity contribution is 5.78. The molecule has 0 amide bonds. The number of hydrogen-bond acceptors (Lipinski definition) is 5. The van der Waals surface area contributed by atoms with Gasteiger partial charge in [-0.1, -0.05) is 37.6 Å². The van der Waals surface area contributed by atoms with Gasteiger partial charge in [0.05, 0.1) is 17.4 Å². The number of benzene rings is 1. The summed E-state index contributed by atoms with van der Waals surface area (Å²) in [4.78, 5) is 12.9. The maximum absolute atomic E-state index is 5.85. The minimum atomic E-state index is 0.390. The van der Waals surface area contributed by atoms with Crippen LogP contribution >= 0.6 is 0 Å². The fourth-order valence-corrected chi connectivity index (χ4v) is 2.28. The molecule has 5 heteroatoms. The highest BCUT2D eigenvalue weighted by Gasteiger charge is 2.06. The molecule has 0 aliphatic carbocycles. The minimum absolute atomic E-state index is 0.390. The molecule has 23 heavy (non-hydrogen) atoms. The number of nitrogens with one attached hydrogen (secondary N) is 1. The van der Waals surface area contributed by atoms with Crippen molar-refractivity contribution in [3.05, 3.63) is 54.6 Å². The van der Waals surface area contributed by atoms with Crippen LogP contribution in [0.25, 0.3) is 10.9 Å². The zero-order valence-electron chi connectivity index (χ0n) is 13.2. The molecule has 0 fully saturated rings. The predicted molar refractivity (Wildman–Crippen MR) is 91.5 cm³/mol. The van der Waals surface area contributed by atoms with Crippen molar-refractivity contribution in [2.24, 2.45) is 0 Å². The summed E-state index contributed by atoms with van der Waals surface area (Å²) in [6.45, 7) is 3.42. The Balaban J connectivity index is 1.69. The van der Waals surface area contributed by atoms with Crippen molar-refractivity contribution >= 4 is 16.7 Å². The number of aromatic nitrogens is 3. The van der Waals surface area contributed by atoms with E-state index in [1.807, 2.05) is 30.3 Å². The third-order valence-corrected chi connectivity index (χ3v) is 3.53. The number of rotatable bonds is 7. The van der Waals surface area contributed by atoms with Crippen LogP contribution in [0.2, 0.25) is 0 Å². The second-order valence-corrected chi connectivity index (χ2v) is 5.30. The Labute approximate surface area is 135 Å². The summed E-state index contributed by atoms with van der Waals surface area (Å²) in [6.07, 6.45) is 5.43. The first-order valence-electron chi connectivity index (χ1n) is 7.88. The molecule has 3 rings (SSSR count). The SMILES string of the molecule is CCCCNc1ncncc1OCc1ccc2ccccc2n1. The summed E-state index contributed by atoms with van der Waals surface area (Å²) in [5.74, 6) is 1.38. The van der Waals surface area contributed by atoms with Gasteiger partial charge in [0.1, 0.15) is 12.9 Å². The number of hydrogen-bond donors (Lipinski definition) is 1. The summed E-state index contributed by atoms with van der Waals surface area (Å²) in [7, 11) is 0. The normalized spacial score (nSPS) is 10.7. The summed E-state index contributed by atoms with van der Waals surface area (Å²) < 4.78 is 5.85. The molecule has 118 valence electrons. The Bertz CT molecular complexity index is 776. The summed E-state index contributed by atoms with van der Waals surface area (Å²) in [6, 6.07) is 12.1. The molecule has 0 atom stereocenters. The van der Waals surface area contributed by atoms with Crippen LogP contribution in [-0.4, -0.2) is 21.5 Å². The Morgan fingerprint density at radius 1 is 1.13 bits per heavy atom. The lowest BCUT2D eigenvalue weighted by Crippen LogP contribution is -2.07. The van der Waals surface area contributed by atoms with Gasteiger partial charge in [-0.15, -0.1) is 0 Å². The van der Waals surface area contributed by atoms with E-state index >= 15 is 0 Å². The van der Waals surface area contributed by atoms with E-state index in [0.717, 1.165) is 41.8 Å². The van der Waals surface area contributed by atoms with Gasteiger partial charge in [0, 0.05) is 11.9 Å². The first-order valence-corrected chi connectivity index (χ1v) is 7.88. The number of unbranched alkanes of at least 4 members (excludes halogenated alkanes) is 1. The van der Waals surface area contributed by atoms with Gasteiger partial charge in [-0.05, 0) is 18.6 Å². The monoisotopic (exact) mass is 308 g/mol. The quantitative estimate of drug-likeness (QED) is 0.672. The molecule has 0 bridgehead atoms. The van der Waals surface area contributed by atoms with Gasteiger partial charge in [-0.3, -0.25) is 0 Å². The van der Waals surface area contributed by atoms with E-state index in [1.54, 1.807) is 6.20 Å². The van der Waals surface area contributed by atoms with Crippen LogP contribution in [0.1, 0.15) is 25.5 Å². The number of nitrogens with zero attached hydrogens (tertiary/aromatic N) is 3. The number of para-hydroxylation sites is 1. The molecular weight excluding hydrogens is 288 g/mol. The second kappa shape index (κ2) is 7.54. The van der Waals surface area contributed by atoms with Gasteiger partial charge >= 0.3 is 0 Å². The highest BCUT2D eigenvalue weighted by atomic mass is 16.5. The average Bonchev–Trinajstić information content (AvgIpc) is 2.61. The highest BCUT2D eigenvalue weighted by Crippen LogP contribution is 2.21. The van der Waals surface area contributed by atoms with Crippen LogP contribution in [0.3, 0.4) is 0 Å². The predicted octanol–water partition coefficient (Wildman–Crippen LogP) is 3.82. The van der Waals surface area contributed by atoms with E-state index in [2.05, 4.69) is 33.3 Å².